The maximum Gasteiger partial charge on any atom is 0.424 e. The number of aryl methyl sites for hydroxylation is 1. The second kappa shape index (κ2) is 7.03. The Kier molecular flexibility index (Phi) is 4.92. The molecule has 0 radical (unpaired) electrons. The van der Waals surface area contributed by atoms with E-state index >= 15 is 0 Å². The van der Waals surface area contributed by atoms with Crippen LogP contribution in [-0.2, 0) is 5.60 Å². The first-order valence-electron chi connectivity index (χ1n) is 7.99. The molecule has 146 valence electrons. The second-order valence-electron chi connectivity index (χ2n) is 5.97. The molecule has 10 heteroatoms. The van der Waals surface area contributed by atoms with Crippen molar-refractivity contribution >= 4 is 11.7 Å². The van der Waals surface area contributed by atoms with Crippen LogP contribution in [0.15, 0.2) is 34.7 Å². The van der Waals surface area contributed by atoms with E-state index < -0.39 is 36.5 Å². The minimum Gasteiger partial charge on any atom is -0.463 e. The molecule has 3 N–H and O–H groups in total. The summed E-state index contributed by atoms with van der Waals surface area (Å²) >= 11 is 0. The summed E-state index contributed by atoms with van der Waals surface area (Å²) in [5, 5.41) is 14.9. The van der Waals surface area contributed by atoms with Gasteiger partial charge in [0.1, 0.15) is 11.5 Å². The van der Waals surface area contributed by atoms with Gasteiger partial charge in [0.25, 0.3) is 0 Å². The lowest BCUT2D eigenvalue weighted by atomic mass is 9.96. The Morgan fingerprint density at radius 3 is 2.59 bits per heavy atom. The molecule has 0 aliphatic carbocycles. The molecule has 1 aromatic carbocycles. The summed E-state index contributed by atoms with van der Waals surface area (Å²) in [6.45, 7) is 1.11. The maximum atomic E-state index is 13.3. The number of rotatable bonds is 5. The monoisotopic (exact) mass is 386 g/mol. The molecule has 1 aliphatic rings. The Bertz CT molecular complexity index is 836. The molecule has 0 spiro atoms. The van der Waals surface area contributed by atoms with Crippen molar-refractivity contribution in [3.05, 3.63) is 41.9 Å². The van der Waals surface area contributed by atoms with E-state index in [1.54, 1.807) is 12.1 Å². The number of hydrogen-bond donors (Lipinski definition) is 3. The topological polar surface area (TPSA) is 93.0 Å². The Morgan fingerprint density at radius 1 is 1.19 bits per heavy atom. The molecule has 1 unspecified atom stereocenters. The van der Waals surface area contributed by atoms with Gasteiger partial charge >= 0.3 is 12.2 Å². The van der Waals surface area contributed by atoms with Gasteiger partial charge in [-0.15, -0.1) is 0 Å². The second-order valence-corrected chi connectivity index (χ2v) is 5.97. The van der Waals surface area contributed by atoms with Crippen LogP contribution in [0.2, 0.25) is 0 Å². The number of amides is 2. The van der Waals surface area contributed by atoms with Crippen LogP contribution in [-0.4, -0.2) is 30.7 Å². The first kappa shape index (κ1) is 18.9. The predicted octanol–water partition coefficient (Wildman–Crippen LogP) is 3.28. The molecule has 2 amide bonds. The predicted molar refractivity (Wildman–Crippen MR) is 87.6 cm³/mol. The molecule has 1 aromatic heterocycles. The quantitative estimate of drug-likeness (QED) is 0.733. The molecule has 2 aromatic rings. The van der Waals surface area contributed by atoms with Crippen molar-refractivity contribution in [1.82, 2.24) is 5.32 Å². The SMILES string of the molecule is Cc1ccc(C(O)(CCNC(=O)Nc2ccc3c(c2)OCO3)C(F)(F)F)o1. The van der Waals surface area contributed by atoms with Gasteiger partial charge in [0, 0.05) is 24.7 Å². The van der Waals surface area contributed by atoms with Crippen molar-refractivity contribution in [2.75, 3.05) is 18.7 Å². The smallest absolute Gasteiger partial charge is 0.424 e. The van der Waals surface area contributed by atoms with E-state index in [0.29, 0.717) is 17.2 Å². The number of urea groups is 1. The number of alkyl halides is 3. The fourth-order valence-electron chi connectivity index (χ4n) is 2.57. The molecule has 0 saturated carbocycles. The number of hydrogen-bond acceptors (Lipinski definition) is 5. The fraction of sp³-hybridized carbons (Fsp3) is 0.353. The summed E-state index contributed by atoms with van der Waals surface area (Å²) in [7, 11) is 0. The third-order valence-electron chi connectivity index (χ3n) is 4.02. The van der Waals surface area contributed by atoms with Gasteiger partial charge in [-0.05, 0) is 31.2 Å². The summed E-state index contributed by atoms with van der Waals surface area (Å²) in [5.41, 5.74) is -2.82. The number of ether oxygens (including phenoxy) is 2. The minimum absolute atomic E-state index is 0.0766. The van der Waals surface area contributed by atoms with E-state index in [0.717, 1.165) is 6.07 Å². The number of carbonyl (C=O) groups is 1. The number of furan rings is 1. The lowest BCUT2D eigenvalue weighted by Gasteiger charge is -2.28. The molecular weight excluding hydrogens is 369 g/mol. The summed E-state index contributed by atoms with van der Waals surface area (Å²) in [5.74, 6) is 0.601. The zero-order valence-electron chi connectivity index (χ0n) is 14.2. The van der Waals surface area contributed by atoms with E-state index in [4.69, 9.17) is 13.9 Å². The van der Waals surface area contributed by atoms with Crippen molar-refractivity contribution in [3.8, 4) is 11.5 Å². The van der Waals surface area contributed by atoms with Crippen LogP contribution in [0.25, 0.3) is 0 Å². The number of nitrogens with one attached hydrogen (secondary N) is 2. The van der Waals surface area contributed by atoms with Gasteiger partial charge in [0.05, 0.1) is 0 Å². The van der Waals surface area contributed by atoms with Crippen molar-refractivity contribution in [2.45, 2.75) is 25.1 Å². The highest BCUT2D eigenvalue weighted by molar-refractivity contribution is 5.89. The Morgan fingerprint density at radius 2 is 1.93 bits per heavy atom. The van der Waals surface area contributed by atoms with Crippen molar-refractivity contribution in [2.24, 2.45) is 0 Å². The zero-order valence-corrected chi connectivity index (χ0v) is 14.2. The van der Waals surface area contributed by atoms with Crippen LogP contribution < -0.4 is 20.1 Å². The molecule has 1 atom stereocenters. The van der Waals surface area contributed by atoms with Crippen LogP contribution in [0.3, 0.4) is 0 Å². The highest BCUT2D eigenvalue weighted by atomic mass is 19.4. The van der Waals surface area contributed by atoms with Gasteiger partial charge in [-0.2, -0.15) is 13.2 Å². The Labute approximate surface area is 152 Å². The molecule has 2 heterocycles. The van der Waals surface area contributed by atoms with Crippen LogP contribution >= 0.6 is 0 Å². The fourth-order valence-corrected chi connectivity index (χ4v) is 2.57. The van der Waals surface area contributed by atoms with Gasteiger partial charge in [0.15, 0.2) is 11.5 Å². The first-order valence-corrected chi connectivity index (χ1v) is 7.99. The van der Waals surface area contributed by atoms with Gasteiger partial charge in [0.2, 0.25) is 12.4 Å². The van der Waals surface area contributed by atoms with E-state index in [9.17, 15) is 23.1 Å². The molecule has 7 nitrogen and oxygen atoms in total. The summed E-state index contributed by atoms with van der Waals surface area (Å²) in [4.78, 5) is 11.9. The number of benzene rings is 1. The van der Waals surface area contributed by atoms with Crippen molar-refractivity contribution in [3.63, 3.8) is 0 Å². The Balaban J connectivity index is 1.59. The standard InChI is InChI=1S/C17H17F3N2O5/c1-10-2-5-14(27-10)16(24,17(18,19)20)6-7-21-15(23)22-11-3-4-12-13(8-11)26-9-25-12/h2-5,8,24H,6-7,9H2,1H3,(H2,21,22,23). The number of halogens is 3. The highest BCUT2D eigenvalue weighted by Crippen LogP contribution is 2.42. The number of fused-ring (bicyclic) bond motifs is 1. The average molecular weight is 386 g/mol. The summed E-state index contributed by atoms with van der Waals surface area (Å²) < 4.78 is 55.3. The van der Waals surface area contributed by atoms with Gasteiger partial charge in [-0.3, -0.25) is 0 Å². The molecule has 0 bridgehead atoms. The lowest BCUT2D eigenvalue weighted by molar-refractivity contribution is -0.274. The van der Waals surface area contributed by atoms with Crippen LogP contribution in [0.1, 0.15) is 17.9 Å². The van der Waals surface area contributed by atoms with E-state index in [1.807, 2.05) is 0 Å². The molecule has 27 heavy (non-hydrogen) atoms. The highest BCUT2D eigenvalue weighted by Gasteiger charge is 2.56. The van der Waals surface area contributed by atoms with Gasteiger partial charge < -0.3 is 29.6 Å². The number of anilines is 1. The van der Waals surface area contributed by atoms with Crippen molar-refractivity contribution in [1.29, 1.82) is 0 Å². The molecule has 0 saturated heterocycles. The summed E-state index contributed by atoms with van der Waals surface area (Å²) in [6, 6.07) is 6.35. The van der Waals surface area contributed by atoms with E-state index in [1.165, 1.54) is 19.1 Å². The zero-order chi connectivity index (χ0) is 19.7. The lowest BCUT2D eigenvalue weighted by Crippen LogP contribution is -2.45. The third-order valence-corrected chi connectivity index (χ3v) is 4.02. The van der Waals surface area contributed by atoms with E-state index in [2.05, 4.69) is 10.6 Å². The molecule has 3 rings (SSSR count). The minimum atomic E-state index is -4.97. The molecule has 0 fully saturated rings. The van der Waals surface area contributed by atoms with Gasteiger partial charge in [-0.25, -0.2) is 4.79 Å². The molecule has 1 aliphatic heterocycles. The molecular formula is C17H17F3N2O5. The number of carbonyl (C=O) groups excluding carboxylic acids is 1. The average Bonchev–Trinajstić information content (AvgIpc) is 3.22. The largest absolute Gasteiger partial charge is 0.463 e. The third kappa shape index (κ3) is 3.95. The normalized spacial score (nSPS) is 15.3. The number of aliphatic hydroxyl groups is 1. The van der Waals surface area contributed by atoms with Crippen molar-refractivity contribution < 1.29 is 37.0 Å². The van der Waals surface area contributed by atoms with Crippen LogP contribution in [0.4, 0.5) is 23.7 Å². The summed E-state index contributed by atoms with van der Waals surface area (Å²) in [6.07, 6.45) is -5.77. The van der Waals surface area contributed by atoms with Crippen LogP contribution in [0.5, 0.6) is 11.5 Å². The maximum absolute atomic E-state index is 13.3. The van der Waals surface area contributed by atoms with Gasteiger partial charge in [-0.1, -0.05) is 0 Å². The Hall–Kier alpha value is -2.88. The first-order chi connectivity index (χ1) is 12.7. The van der Waals surface area contributed by atoms with Crippen LogP contribution in [0, 0.1) is 6.92 Å². The van der Waals surface area contributed by atoms with E-state index in [-0.39, 0.29) is 12.6 Å².